The highest BCUT2D eigenvalue weighted by Gasteiger charge is 2.39. The Morgan fingerprint density at radius 3 is 2.20 bits per heavy atom. The van der Waals surface area contributed by atoms with Gasteiger partial charge in [-0.1, -0.05) is 6.92 Å². The molecule has 2 aromatic heterocycles. The van der Waals surface area contributed by atoms with Crippen LogP contribution in [0.1, 0.15) is 73.7 Å². The summed E-state index contributed by atoms with van der Waals surface area (Å²) >= 11 is 0. The molecule has 1 amide bonds. The number of rotatable bonds is 9. The predicted octanol–water partition coefficient (Wildman–Crippen LogP) is 7.42. The summed E-state index contributed by atoms with van der Waals surface area (Å²) in [4.78, 5) is 30.4. The van der Waals surface area contributed by atoms with E-state index in [0.29, 0.717) is 61.7 Å². The lowest BCUT2D eigenvalue weighted by atomic mass is 9.93. The zero-order valence-electron chi connectivity index (χ0n) is 27.5. The van der Waals surface area contributed by atoms with Crippen LogP contribution in [-0.4, -0.2) is 67.1 Å². The average molecular weight is 697 g/mol. The quantitative estimate of drug-likeness (QED) is 0.229. The summed E-state index contributed by atoms with van der Waals surface area (Å²) in [6, 6.07) is 4.04. The Hall–Kier alpha value is -4.34. The second kappa shape index (κ2) is 14.6. The van der Waals surface area contributed by atoms with Crippen molar-refractivity contribution in [3.63, 3.8) is 0 Å². The lowest BCUT2D eigenvalue weighted by Crippen LogP contribution is -2.46. The molecule has 2 aliphatic rings. The number of nitrogens with zero attached hydrogens (tertiary/aromatic N) is 5. The molecule has 0 aliphatic carbocycles. The number of halogens is 6. The van der Waals surface area contributed by atoms with Gasteiger partial charge in [0, 0.05) is 38.7 Å². The van der Waals surface area contributed by atoms with Gasteiger partial charge in [-0.15, -0.1) is 0 Å². The summed E-state index contributed by atoms with van der Waals surface area (Å²) in [5, 5.41) is 3.27. The summed E-state index contributed by atoms with van der Waals surface area (Å²) in [6.45, 7) is 4.87. The normalized spacial score (nSPS) is 18.7. The molecule has 10 nitrogen and oxygen atoms in total. The fraction of sp³-hybridized carbons (Fsp3) is 0.515. The van der Waals surface area contributed by atoms with Gasteiger partial charge < -0.3 is 24.4 Å². The molecule has 3 aromatic rings. The fourth-order valence-electron chi connectivity index (χ4n) is 6.30. The summed E-state index contributed by atoms with van der Waals surface area (Å²) in [6.07, 6.45) is -7.01. The van der Waals surface area contributed by atoms with Gasteiger partial charge in [-0.05, 0) is 62.4 Å². The van der Waals surface area contributed by atoms with E-state index in [1.54, 1.807) is 31.1 Å². The van der Waals surface area contributed by atoms with Crippen molar-refractivity contribution in [1.82, 2.24) is 15.0 Å². The third-order valence-electron chi connectivity index (χ3n) is 8.77. The number of piperidine rings is 1. The molecule has 1 N–H and O–H groups in total. The minimum absolute atomic E-state index is 0.0240. The van der Waals surface area contributed by atoms with E-state index >= 15 is 0 Å². The topological polar surface area (TPSA) is 102 Å². The van der Waals surface area contributed by atoms with Gasteiger partial charge in [-0.3, -0.25) is 4.90 Å². The fourth-order valence-corrected chi connectivity index (χ4v) is 6.30. The largest absolute Gasteiger partial charge is 0.481 e. The molecule has 2 atom stereocenters. The van der Waals surface area contributed by atoms with Crippen molar-refractivity contribution in [2.24, 2.45) is 0 Å². The van der Waals surface area contributed by atoms with Crippen LogP contribution in [0.2, 0.25) is 0 Å². The van der Waals surface area contributed by atoms with Gasteiger partial charge in [-0.25, -0.2) is 19.7 Å². The molecule has 2 aliphatic heterocycles. The maximum atomic E-state index is 13.7. The number of hydrogen-bond acceptors (Lipinski definition) is 9. The summed E-state index contributed by atoms with van der Waals surface area (Å²) in [5.74, 6) is 0.388. The number of ether oxygens (including phenoxy) is 3. The molecule has 49 heavy (non-hydrogen) atoms. The Bertz CT molecular complexity index is 1600. The third kappa shape index (κ3) is 8.11. The van der Waals surface area contributed by atoms with Gasteiger partial charge >= 0.3 is 18.4 Å². The van der Waals surface area contributed by atoms with Crippen LogP contribution in [0.3, 0.4) is 0 Å². The number of aromatic nitrogens is 3. The van der Waals surface area contributed by atoms with E-state index < -0.39 is 35.6 Å². The SMILES string of the molecule is CCOC(=O)N1c2ccc(OC)nc2[C@@H](Nc2ncc(N3CCC(OC)CC3)c(Cc3cc(C(F)(F)F)cc(C(F)(F)F)c3)n2)C[C@H]1CC. The molecule has 0 radical (unpaired) electrons. The van der Waals surface area contributed by atoms with Crippen molar-refractivity contribution in [3.8, 4) is 5.88 Å². The number of carbonyl (C=O) groups is 1. The number of hydrogen-bond donors (Lipinski definition) is 1. The van der Waals surface area contributed by atoms with Crippen molar-refractivity contribution in [1.29, 1.82) is 0 Å². The molecule has 0 saturated carbocycles. The van der Waals surface area contributed by atoms with Crippen LogP contribution in [0.15, 0.2) is 36.5 Å². The standard InChI is InChI=1S/C33H38F6N6O4/c1-5-22-17-25(29-26(7-8-28(43-29)48-4)45(22)31(46)49-6-2)42-30-40-18-27(44-11-9-23(47-3)10-12-44)24(41-30)15-19-13-20(32(34,35)36)16-21(14-19)33(37,38)39/h7-8,13-14,16,18,22-23,25H,5-6,9-12,15,17H2,1-4H3,(H,40,41,42)/t22-,25+/m1/s1. The Labute approximate surface area is 279 Å². The Morgan fingerprint density at radius 2 is 1.63 bits per heavy atom. The first kappa shape index (κ1) is 36.0. The molecule has 0 unspecified atom stereocenters. The average Bonchev–Trinajstić information content (AvgIpc) is 3.07. The van der Waals surface area contributed by atoms with Gasteiger partial charge in [0.25, 0.3) is 0 Å². The number of benzene rings is 1. The molecule has 1 saturated heterocycles. The molecule has 5 rings (SSSR count). The van der Waals surface area contributed by atoms with Crippen LogP contribution < -0.4 is 19.9 Å². The van der Waals surface area contributed by atoms with Gasteiger partial charge in [0.05, 0.1) is 65.9 Å². The highest BCUT2D eigenvalue weighted by Crippen LogP contribution is 2.41. The predicted molar refractivity (Wildman–Crippen MR) is 169 cm³/mol. The lowest BCUT2D eigenvalue weighted by Gasteiger charge is -2.39. The van der Waals surface area contributed by atoms with E-state index in [4.69, 9.17) is 14.2 Å². The Balaban J connectivity index is 1.55. The van der Waals surface area contributed by atoms with Crippen LogP contribution in [0.5, 0.6) is 5.88 Å². The number of anilines is 3. The summed E-state index contributed by atoms with van der Waals surface area (Å²) in [5.41, 5.74) is -1.31. The number of alkyl halides is 6. The van der Waals surface area contributed by atoms with E-state index in [-0.39, 0.29) is 48.4 Å². The highest BCUT2D eigenvalue weighted by atomic mass is 19.4. The number of amides is 1. The van der Waals surface area contributed by atoms with Crippen LogP contribution in [0.25, 0.3) is 0 Å². The number of pyridine rings is 1. The smallest absolute Gasteiger partial charge is 0.416 e. The van der Waals surface area contributed by atoms with Crippen molar-refractivity contribution in [2.75, 3.05) is 49.0 Å². The highest BCUT2D eigenvalue weighted by molar-refractivity contribution is 5.90. The van der Waals surface area contributed by atoms with Crippen molar-refractivity contribution in [3.05, 3.63) is 64.6 Å². The maximum Gasteiger partial charge on any atom is 0.416 e. The monoisotopic (exact) mass is 696 g/mol. The van der Waals surface area contributed by atoms with Crippen molar-refractivity contribution >= 4 is 23.4 Å². The molecule has 4 heterocycles. The number of nitrogens with one attached hydrogen (secondary N) is 1. The van der Waals surface area contributed by atoms with E-state index in [2.05, 4.69) is 20.3 Å². The van der Waals surface area contributed by atoms with Gasteiger partial charge in [0.1, 0.15) is 0 Å². The van der Waals surface area contributed by atoms with Crippen LogP contribution in [0.4, 0.5) is 48.5 Å². The minimum Gasteiger partial charge on any atom is -0.481 e. The zero-order chi connectivity index (χ0) is 35.5. The second-order valence-electron chi connectivity index (χ2n) is 11.9. The molecule has 16 heteroatoms. The molecular formula is C33H38F6N6O4. The second-order valence-corrected chi connectivity index (χ2v) is 11.9. The molecule has 0 bridgehead atoms. The summed E-state index contributed by atoms with van der Waals surface area (Å²) < 4.78 is 98.5. The van der Waals surface area contributed by atoms with Crippen LogP contribution in [0, 0.1) is 0 Å². The molecule has 0 spiro atoms. The number of methoxy groups -OCH3 is 2. The van der Waals surface area contributed by atoms with Crippen LogP contribution in [-0.2, 0) is 28.2 Å². The molecule has 1 fully saturated rings. The molecular weight excluding hydrogens is 658 g/mol. The van der Waals surface area contributed by atoms with E-state index in [0.717, 1.165) is 12.1 Å². The van der Waals surface area contributed by atoms with Crippen LogP contribution >= 0.6 is 0 Å². The van der Waals surface area contributed by atoms with Gasteiger partial charge in [-0.2, -0.15) is 26.3 Å². The van der Waals surface area contributed by atoms with E-state index in [1.807, 2.05) is 11.8 Å². The lowest BCUT2D eigenvalue weighted by molar-refractivity contribution is -0.143. The molecule has 266 valence electrons. The first-order chi connectivity index (χ1) is 23.2. The van der Waals surface area contributed by atoms with Crippen molar-refractivity contribution in [2.45, 2.75) is 76.5 Å². The van der Waals surface area contributed by atoms with Crippen molar-refractivity contribution < 1.29 is 45.3 Å². The van der Waals surface area contributed by atoms with E-state index in [1.165, 1.54) is 13.3 Å². The summed E-state index contributed by atoms with van der Waals surface area (Å²) in [7, 11) is 3.07. The van der Waals surface area contributed by atoms with E-state index in [9.17, 15) is 31.1 Å². The zero-order valence-corrected chi connectivity index (χ0v) is 27.5. The van der Waals surface area contributed by atoms with Gasteiger partial charge in [0.2, 0.25) is 11.8 Å². The molecule has 1 aromatic carbocycles. The maximum absolute atomic E-state index is 13.7. The van der Waals surface area contributed by atoms with Gasteiger partial charge in [0.15, 0.2) is 0 Å². The minimum atomic E-state index is -4.99. The third-order valence-corrected chi connectivity index (χ3v) is 8.77. The Kier molecular flexibility index (Phi) is 10.7. The first-order valence-electron chi connectivity index (χ1n) is 15.9. The number of carbonyl (C=O) groups excluding carboxylic acids is 1. The number of fused-ring (bicyclic) bond motifs is 1. The Morgan fingerprint density at radius 1 is 0.959 bits per heavy atom. The first-order valence-corrected chi connectivity index (χ1v) is 15.9.